The Morgan fingerprint density at radius 2 is 1.67 bits per heavy atom. The van der Waals surface area contributed by atoms with Gasteiger partial charge in [0.25, 0.3) is 0 Å². The maximum Gasteiger partial charge on any atom is 0.0312 e. The Bertz CT molecular complexity index is 481. The molecule has 0 radical (unpaired) electrons. The summed E-state index contributed by atoms with van der Waals surface area (Å²) in [6.45, 7) is 3.31. The second-order valence-electron chi connectivity index (χ2n) is 4.91. The smallest absolute Gasteiger partial charge is 0.0312 e. The Kier molecular flexibility index (Phi) is 3.37. The number of hydrogen-bond donors (Lipinski definition) is 0. The lowest BCUT2D eigenvalue weighted by atomic mass is 10.0. The van der Waals surface area contributed by atoms with Crippen molar-refractivity contribution in [1.29, 1.82) is 0 Å². The summed E-state index contributed by atoms with van der Waals surface area (Å²) in [5.74, 6) is 0. The summed E-state index contributed by atoms with van der Waals surface area (Å²) in [5.41, 5.74) is 4.35. The lowest BCUT2D eigenvalue weighted by Gasteiger charge is -2.19. The predicted molar refractivity (Wildman–Crippen MR) is 73.4 cm³/mol. The van der Waals surface area contributed by atoms with Gasteiger partial charge in [-0.25, -0.2) is 0 Å². The number of benzene rings is 1. The van der Waals surface area contributed by atoms with E-state index < -0.39 is 0 Å². The largest absolute Gasteiger partial charge is 0.298 e. The summed E-state index contributed by atoms with van der Waals surface area (Å²) in [7, 11) is 0. The Balaban J connectivity index is 1.68. The van der Waals surface area contributed by atoms with Gasteiger partial charge >= 0.3 is 0 Å². The molecule has 0 atom stereocenters. The Labute approximate surface area is 108 Å². The molecule has 0 N–H and O–H groups in total. The molecule has 3 rings (SSSR count). The van der Waals surface area contributed by atoms with Crippen LogP contribution in [0, 0.1) is 0 Å². The van der Waals surface area contributed by atoms with Crippen LogP contribution in [0.25, 0.3) is 0 Å². The van der Waals surface area contributed by atoms with Crippen LogP contribution in [0.2, 0.25) is 0 Å². The molecule has 1 aliphatic heterocycles. The van der Waals surface area contributed by atoms with E-state index >= 15 is 0 Å². The first-order valence-electron chi connectivity index (χ1n) is 6.60. The molecule has 92 valence electrons. The summed E-state index contributed by atoms with van der Waals surface area (Å²) in [6.07, 6.45) is 6.13. The van der Waals surface area contributed by atoms with Crippen molar-refractivity contribution >= 4 is 0 Å². The van der Waals surface area contributed by atoms with Crippen molar-refractivity contribution in [3.8, 4) is 0 Å². The van der Waals surface area contributed by atoms with Crippen LogP contribution >= 0.6 is 0 Å². The van der Waals surface area contributed by atoms with Crippen LogP contribution in [0.1, 0.15) is 16.7 Å². The van der Waals surface area contributed by atoms with Crippen molar-refractivity contribution in [2.24, 2.45) is 0 Å². The van der Waals surface area contributed by atoms with E-state index in [1.54, 1.807) is 0 Å². The first kappa shape index (κ1) is 11.4. The molecular weight excluding hydrogens is 220 g/mol. The minimum atomic E-state index is 1.02. The third kappa shape index (κ3) is 2.59. The van der Waals surface area contributed by atoms with Gasteiger partial charge in [0.1, 0.15) is 0 Å². The van der Waals surface area contributed by atoms with Crippen molar-refractivity contribution in [3.63, 3.8) is 0 Å². The van der Waals surface area contributed by atoms with Crippen LogP contribution in [-0.2, 0) is 19.4 Å². The lowest BCUT2D eigenvalue weighted by molar-refractivity contribution is 0.279. The maximum absolute atomic E-state index is 4.19. The third-order valence-electron chi connectivity index (χ3n) is 3.64. The fourth-order valence-electron chi connectivity index (χ4n) is 2.62. The maximum atomic E-state index is 4.19. The van der Waals surface area contributed by atoms with Crippen molar-refractivity contribution in [1.82, 2.24) is 9.88 Å². The highest BCUT2D eigenvalue weighted by molar-refractivity contribution is 5.28. The number of aromatic nitrogens is 1. The van der Waals surface area contributed by atoms with E-state index in [0.717, 1.165) is 32.5 Å². The van der Waals surface area contributed by atoms with E-state index in [4.69, 9.17) is 0 Å². The van der Waals surface area contributed by atoms with Gasteiger partial charge in [0, 0.05) is 32.0 Å². The van der Waals surface area contributed by atoms with Gasteiger partial charge in [-0.2, -0.15) is 0 Å². The van der Waals surface area contributed by atoms with E-state index in [1.807, 2.05) is 18.5 Å². The molecule has 1 aromatic heterocycles. The molecule has 0 amide bonds. The highest BCUT2D eigenvalue weighted by Gasteiger charge is 2.13. The van der Waals surface area contributed by atoms with Gasteiger partial charge in [-0.15, -0.1) is 0 Å². The van der Waals surface area contributed by atoms with Gasteiger partial charge in [-0.05, 0) is 35.6 Å². The van der Waals surface area contributed by atoms with E-state index in [-0.39, 0.29) is 0 Å². The Morgan fingerprint density at radius 1 is 0.944 bits per heavy atom. The second kappa shape index (κ2) is 5.32. The number of nitrogens with zero attached hydrogens (tertiary/aromatic N) is 2. The summed E-state index contributed by atoms with van der Waals surface area (Å²) < 4.78 is 0. The molecule has 2 aromatic rings. The van der Waals surface area contributed by atoms with Crippen molar-refractivity contribution in [2.45, 2.75) is 19.4 Å². The van der Waals surface area contributed by atoms with Gasteiger partial charge in [-0.1, -0.05) is 30.3 Å². The van der Waals surface area contributed by atoms with Gasteiger partial charge in [-0.3, -0.25) is 9.88 Å². The molecule has 2 heteroatoms. The van der Waals surface area contributed by atoms with Crippen LogP contribution in [-0.4, -0.2) is 23.0 Å². The molecule has 1 aromatic carbocycles. The standard InChI is InChI=1S/C16H18N2/c1-2-6-16-8-11-18(10-7-15(16)5-1)13-14-4-3-9-17-12-14/h1-6,9,12H,7-8,10-11,13H2. The van der Waals surface area contributed by atoms with Gasteiger partial charge in [0.15, 0.2) is 0 Å². The minimum absolute atomic E-state index is 1.02. The number of fused-ring (bicyclic) bond motifs is 1. The molecule has 0 saturated carbocycles. The zero-order chi connectivity index (χ0) is 12.2. The quantitative estimate of drug-likeness (QED) is 0.799. The number of hydrogen-bond acceptors (Lipinski definition) is 2. The van der Waals surface area contributed by atoms with Crippen molar-refractivity contribution in [3.05, 3.63) is 65.5 Å². The zero-order valence-corrected chi connectivity index (χ0v) is 10.5. The van der Waals surface area contributed by atoms with E-state index in [0.29, 0.717) is 0 Å². The number of rotatable bonds is 2. The molecule has 0 spiro atoms. The molecule has 2 nitrogen and oxygen atoms in total. The second-order valence-corrected chi connectivity index (χ2v) is 4.91. The van der Waals surface area contributed by atoms with Crippen molar-refractivity contribution in [2.75, 3.05) is 13.1 Å². The monoisotopic (exact) mass is 238 g/mol. The first-order chi connectivity index (χ1) is 8.92. The van der Waals surface area contributed by atoms with Crippen LogP contribution in [0.15, 0.2) is 48.8 Å². The summed E-state index contributed by atoms with van der Waals surface area (Å²) >= 11 is 0. The number of pyridine rings is 1. The fraction of sp³-hybridized carbons (Fsp3) is 0.312. The third-order valence-corrected chi connectivity index (χ3v) is 3.64. The van der Waals surface area contributed by atoms with Crippen LogP contribution < -0.4 is 0 Å². The van der Waals surface area contributed by atoms with E-state index in [1.165, 1.54) is 16.7 Å². The normalized spacial score (nSPS) is 16.0. The van der Waals surface area contributed by atoms with Gasteiger partial charge in [0.2, 0.25) is 0 Å². The van der Waals surface area contributed by atoms with E-state index in [2.05, 4.69) is 40.2 Å². The molecule has 0 bridgehead atoms. The molecule has 0 unspecified atom stereocenters. The van der Waals surface area contributed by atoms with E-state index in [9.17, 15) is 0 Å². The average molecular weight is 238 g/mol. The summed E-state index contributed by atoms with van der Waals surface area (Å²) in [5, 5.41) is 0. The summed E-state index contributed by atoms with van der Waals surface area (Å²) in [6, 6.07) is 13.0. The Hall–Kier alpha value is -1.67. The average Bonchev–Trinajstić information content (AvgIpc) is 2.63. The molecule has 1 aliphatic rings. The summed E-state index contributed by atoms with van der Waals surface area (Å²) in [4.78, 5) is 6.71. The first-order valence-corrected chi connectivity index (χ1v) is 6.60. The highest BCUT2D eigenvalue weighted by atomic mass is 15.1. The molecule has 2 heterocycles. The van der Waals surface area contributed by atoms with Gasteiger partial charge < -0.3 is 0 Å². The lowest BCUT2D eigenvalue weighted by Crippen LogP contribution is -2.25. The molecular formula is C16H18N2. The van der Waals surface area contributed by atoms with Crippen LogP contribution in [0.4, 0.5) is 0 Å². The highest BCUT2D eigenvalue weighted by Crippen LogP contribution is 2.16. The van der Waals surface area contributed by atoms with Crippen LogP contribution in [0.3, 0.4) is 0 Å². The Morgan fingerprint density at radius 3 is 2.28 bits per heavy atom. The minimum Gasteiger partial charge on any atom is -0.298 e. The fourth-order valence-corrected chi connectivity index (χ4v) is 2.62. The topological polar surface area (TPSA) is 16.1 Å². The SMILES string of the molecule is c1cncc(CN2CCc3ccccc3CC2)c1. The zero-order valence-electron chi connectivity index (χ0n) is 10.5. The molecule has 0 fully saturated rings. The molecule has 18 heavy (non-hydrogen) atoms. The predicted octanol–water partition coefficient (Wildman–Crippen LogP) is 2.68. The van der Waals surface area contributed by atoms with Crippen LogP contribution in [0.5, 0.6) is 0 Å². The van der Waals surface area contributed by atoms with Gasteiger partial charge in [0.05, 0.1) is 0 Å². The van der Waals surface area contributed by atoms with Crippen molar-refractivity contribution < 1.29 is 0 Å². The molecule has 0 aliphatic carbocycles. The molecule has 0 saturated heterocycles.